The fourth-order valence-electron chi connectivity index (χ4n) is 2.93. The maximum absolute atomic E-state index is 5.69. The van der Waals surface area contributed by atoms with Gasteiger partial charge in [0.25, 0.3) is 0 Å². The highest BCUT2D eigenvalue weighted by molar-refractivity contribution is 9.10. The van der Waals surface area contributed by atoms with Crippen LogP contribution >= 0.6 is 15.9 Å². The predicted octanol–water partition coefficient (Wildman–Crippen LogP) is 3.57. The zero-order chi connectivity index (χ0) is 13.0. The molecule has 2 nitrogen and oxygen atoms in total. The Morgan fingerprint density at radius 3 is 2.94 bits per heavy atom. The largest absolute Gasteiger partial charge is 0.330 e. The molecule has 0 aromatic heterocycles. The molecule has 1 aromatic rings. The molecule has 1 heterocycles. The molecule has 1 aromatic carbocycles. The lowest BCUT2D eigenvalue weighted by Crippen LogP contribution is -2.38. The summed E-state index contributed by atoms with van der Waals surface area (Å²) in [5.74, 6) is 0.786. The van der Waals surface area contributed by atoms with E-state index in [1.165, 1.54) is 42.4 Å². The van der Waals surface area contributed by atoms with Crippen molar-refractivity contribution in [3.8, 4) is 0 Å². The van der Waals surface area contributed by atoms with E-state index in [-0.39, 0.29) is 0 Å². The van der Waals surface area contributed by atoms with Gasteiger partial charge in [-0.15, -0.1) is 0 Å². The van der Waals surface area contributed by atoms with Crippen molar-refractivity contribution >= 4 is 15.9 Å². The number of hydrogen-bond acceptors (Lipinski definition) is 2. The molecule has 1 aliphatic heterocycles. The maximum Gasteiger partial charge on any atom is 0.0331 e. The first kappa shape index (κ1) is 14.0. The number of nitrogens with zero attached hydrogens (tertiary/aromatic N) is 1. The van der Waals surface area contributed by atoms with E-state index in [0.29, 0.717) is 6.04 Å². The maximum atomic E-state index is 5.69. The fraction of sp³-hybridized carbons (Fsp3) is 0.600. The molecule has 2 atom stereocenters. The molecule has 1 saturated heterocycles. The molecular formula is C15H23BrN2. The minimum absolute atomic E-state index is 0.487. The van der Waals surface area contributed by atoms with Crippen LogP contribution in [-0.4, -0.2) is 24.5 Å². The van der Waals surface area contributed by atoms with Gasteiger partial charge in [0.15, 0.2) is 0 Å². The molecule has 2 N–H and O–H groups in total. The molecule has 0 aliphatic carbocycles. The van der Waals surface area contributed by atoms with Crippen molar-refractivity contribution in [1.29, 1.82) is 0 Å². The summed E-state index contributed by atoms with van der Waals surface area (Å²) in [5, 5.41) is 0. The van der Waals surface area contributed by atoms with E-state index in [1.807, 2.05) is 0 Å². The van der Waals surface area contributed by atoms with E-state index < -0.39 is 0 Å². The molecule has 0 spiro atoms. The average Bonchev–Trinajstić information content (AvgIpc) is 2.39. The lowest BCUT2D eigenvalue weighted by atomic mass is 9.93. The Labute approximate surface area is 119 Å². The van der Waals surface area contributed by atoms with E-state index in [1.54, 1.807) is 0 Å². The Hall–Kier alpha value is -0.380. The smallest absolute Gasteiger partial charge is 0.0331 e. The lowest BCUT2D eigenvalue weighted by molar-refractivity contribution is 0.128. The summed E-state index contributed by atoms with van der Waals surface area (Å²) in [6.45, 7) is 5.54. The molecule has 18 heavy (non-hydrogen) atoms. The Kier molecular flexibility index (Phi) is 5.22. The van der Waals surface area contributed by atoms with Gasteiger partial charge < -0.3 is 5.73 Å². The Bertz CT molecular complexity index is 379. The zero-order valence-corrected chi connectivity index (χ0v) is 12.7. The summed E-state index contributed by atoms with van der Waals surface area (Å²) < 4.78 is 1.22. The lowest BCUT2D eigenvalue weighted by Gasteiger charge is -2.37. The van der Waals surface area contributed by atoms with Crippen molar-refractivity contribution in [1.82, 2.24) is 4.90 Å². The predicted molar refractivity (Wildman–Crippen MR) is 80.5 cm³/mol. The second-order valence-corrected chi connectivity index (χ2v) is 6.13. The van der Waals surface area contributed by atoms with Crippen LogP contribution in [0.2, 0.25) is 0 Å². The van der Waals surface area contributed by atoms with Crippen LogP contribution in [0.5, 0.6) is 0 Å². The Morgan fingerprint density at radius 2 is 2.22 bits per heavy atom. The van der Waals surface area contributed by atoms with Crippen LogP contribution < -0.4 is 5.73 Å². The van der Waals surface area contributed by atoms with Crippen molar-refractivity contribution in [2.75, 3.05) is 19.6 Å². The molecule has 100 valence electrons. The monoisotopic (exact) mass is 310 g/mol. The van der Waals surface area contributed by atoms with Gasteiger partial charge >= 0.3 is 0 Å². The fourth-order valence-corrected chi connectivity index (χ4v) is 3.55. The second kappa shape index (κ2) is 6.69. The van der Waals surface area contributed by atoms with Crippen LogP contribution in [0.25, 0.3) is 0 Å². The van der Waals surface area contributed by atoms with Crippen molar-refractivity contribution in [3.05, 3.63) is 34.3 Å². The summed E-state index contributed by atoms with van der Waals surface area (Å²) in [5.41, 5.74) is 7.08. The first-order valence-electron chi connectivity index (χ1n) is 6.91. The quantitative estimate of drug-likeness (QED) is 0.921. The minimum atomic E-state index is 0.487. The highest BCUT2D eigenvalue weighted by Gasteiger charge is 2.24. The average molecular weight is 311 g/mol. The van der Waals surface area contributed by atoms with Crippen molar-refractivity contribution in [2.45, 2.75) is 32.2 Å². The van der Waals surface area contributed by atoms with Crippen LogP contribution in [0, 0.1) is 5.92 Å². The van der Waals surface area contributed by atoms with Gasteiger partial charge in [0.2, 0.25) is 0 Å². The van der Waals surface area contributed by atoms with Crippen molar-refractivity contribution in [2.24, 2.45) is 11.7 Å². The van der Waals surface area contributed by atoms with Crippen molar-refractivity contribution < 1.29 is 0 Å². The van der Waals surface area contributed by atoms with E-state index >= 15 is 0 Å². The van der Waals surface area contributed by atoms with Gasteiger partial charge in [0.05, 0.1) is 0 Å². The molecule has 1 fully saturated rings. The zero-order valence-electron chi connectivity index (χ0n) is 11.1. The van der Waals surface area contributed by atoms with E-state index in [4.69, 9.17) is 5.73 Å². The van der Waals surface area contributed by atoms with Crippen LogP contribution in [-0.2, 0) is 0 Å². The van der Waals surface area contributed by atoms with Gasteiger partial charge in [-0.2, -0.15) is 0 Å². The number of piperidine rings is 1. The summed E-state index contributed by atoms with van der Waals surface area (Å²) >= 11 is 3.66. The number of nitrogens with two attached hydrogens (primary N) is 1. The molecule has 2 rings (SSSR count). The highest BCUT2D eigenvalue weighted by Crippen LogP contribution is 2.31. The SMILES string of the molecule is CC(c1ccccc1Br)N1CCCC(CCN)C1. The molecule has 0 radical (unpaired) electrons. The number of halogens is 1. The van der Waals surface area contributed by atoms with Gasteiger partial charge in [0, 0.05) is 17.1 Å². The summed E-state index contributed by atoms with van der Waals surface area (Å²) in [6.07, 6.45) is 3.81. The number of hydrogen-bond donors (Lipinski definition) is 1. The normalized spacial score (nSPS) is 22.9. The number of rotatable bonds is 4. The highest BCUT2D eigenvalue weighted by atomic mass is 79.9. The summed E-state index contributed by atoms with van der Waals surface area (Å²) in [6, 6.07) is 9.04. The molecular weight excluding hydrogens is 288 g/mol. The molecule has 1 aliphatic rings. The van der Waals surface area contributed by atoms with Crippen molar-refractivity contribution in [3.63, 3.8) is 0 Å². The van der Waals surface area contributed by atoms with Gasteiger partial charge in [-0.3, -0.25) is 4.90 Å². The van der Waals surface area contributed by atoms with E-state index in [0.717, 1.165) is 12.5 Å². The van der Waals surface area contributed by atoms with E-state index in [9.17, 15) is 0 Å². The van der Waals surface area contributed by atoms with Gasteiger partial charge in [0.1, 0.15) is 0 Å². The van der Waals surface area contributed by atoms with Gasteiger partial charge in [-0.1, -0.05) is 34.1 Å². The summed E-state index contributed by atoms with van der Waals surface area (Å²) in [4.78, 5) is 2.60. The van der Waals surface area contributed by atoms with Gasteiger partial charge in [-0.05, 0) is 56.8 Å². The third-order valence-electron chi connectivity index (χ3n) is 4.03. The molecule has 0 bridgehead atoms. The molecule has 3 heteroatoms. The summed E-state index contributed by atoms with van der Waals surface area (Å²) in [7, 11) is 0. The molecule has 0 amide bonds. The number of likely N-dealkylation sites (tertiary alicyclic amines) is 1. The first-order chi connectivity index (χ1) is 8.72. The van der Waals surface area contributed by atoms with E-state index in [2.05, 4.69) is 52.0 Å². The minimum Gasteiger partial charge on any atom is -0.330 e. The Morgan fingerprint density at radius 1 is 1.44 bits per heavy atom. The molecule has 0 saturated carbocycles. The van der Waals surface area contributed by atoms with Gasteiger partial charge in [-0.25, -0.2) is 0 Å². The number of benzene rings is 1. The van der Waals surface area contributed by atoms with Crippen LogP contribution in [0.3, 0.4) is 0 Å². The third-order valence-corrected chi connectivity index (χ3v) is 4.75. The Balaban J connectivity index is 2.04. The van der Waals surface area contributed by atoms with Crippen LogP contribution in [0.4, 0.5) is 0 Å². The molecule has 2 unspecified atom stereocenters. The first-order valence-corrected chi connectivity index (χ1v) is 7.70. The second-order valence-electron chi connectivity index (χ2n) is 5.28. The standard InChI is InChI=1S/C15H23BrN2/c1-12(14-6-2-3-7-15(14)16)18-10-4-5-13(11-18)8-9-17/h2-3,6-7,12-13H,4-5,8-11,17H2,1H3. The third kappa shape index (κ3) is 3.34. The topological polar surface area (TPSA) is 29.3 Å². The van der Waals surface area contributed by atoms with Crippen LogP contribution in [0.15, 0.2) is 28.7 Å². The van der Waals surface area contributed by atoms with Crippen LogP contribution in [0.1, 0.15) is 37.8 Å².